The second-order valence-corrected chi connectivity index (χ2v) is 4.96. The van der Waals surface area contributed by atoms with E-state index < -0.39 is 0 Å². The van der Waals surface area contributed by atoms with Gasteiger partial charge in [0.1, 0.15) is 11.8 Å². The summed E-state index contributed by atoms with van der Waals surface area (Å²) in [6, 6.07) is 1.75. The zero-order valence-corrected chi connectivity index (χ0v) is 12.2. The predicted molar refractivity (Wildman–Crippen MR) is 74.8 cm³/mol. The molecule has 1 aromatic heterocycles. The molecule has 0 atom stereocenters. The second-order valence-electron chi connectivity index (χ2n) is 4.57. The molecule has 0 aromatic carbocycles. The van der Waals surface area contributed by atoms with Gasteiger partial charge in [-0.05, 0) is 19.4 Å². The third kappa shape index (κ3) is 6.92. The SMILES string of the molecule is CCCCCCCCOCc1nc(C)cc(Cl)n1. The lowest BCUT2D eigenvalue weighted by Crippen LogP contribution is -2.02. The minimum atomic E-state index is 0.455. The molecule has 0 saturated carbocycles. The molecule has 1 aromatic rings. The second kappa shape index (κ2) is 9.29. The number of rotatable bonds is 9. The zero-order valence-electron chi connectivity index (χ0n) is 11.4. The highest BCUT2D eigenvalue weighted by Crippen LogP contribution is 2.08. The molecule has 0 aliphatic carbocycles. The number of hydrogen-bond acceptors (Lipinski definition) is 3. The monoisotopic (exact) mass is 270 g/mol. The van der Waals surface area contributed by atoms with E-state index in [1.165, 1.54) is 32.1 Å². The van der Waals surface area contributed by atoms with Crippen LogP contribution < -0.4 is 0 Å². The van der Waals surface area contributed by atoms with Gasteiger partial charge in [0, 0.05) is 12.3 Å². The van der Waals surface area contributed by atoms with E-state index in [2.05, 4.69) is 16.9 Å². The van der Waals surface area contributed by atoms with E-state index in [-0.39, 0.29) is 0 Å². The molecule has 0 spiro atoms. The quantitative estimate of drug-likeness (QED) is 0.495. The molecule has 1 rings (SSSR count). The Morgan fingerprint density at radius 3 is 2.56 bits per heavy atom. The number of hydrogen-bond donors (Lipinski definition) is 0. The van der Waals surface area contributed by atoms with Crippen LogP contribution in [0.5, 0.6) is 0 Å². The van der Waals surface area contributed by atoms with E-state index in [1.54, 1.807) is 6.07 Å². The lowest BCUT2D eigenvalue weighted by atomic mass is 10.1. The van der Waals surface area contributed by atoms with E-state index in [0.717, 1.165) is 18.7 Å². The van der Waals surface area contributed by atoms with E-state index in [4.69, 9.17) is 16.3 Å². The summed E-state index contributed by atoms with van der Waals surface area (Å²) in [5, 5.41) is 0.487. The van der Waals surface area contributed by atoms with Crippen molar-refractivity contribution in [3.63, 3.8) is 0 Å². The maximum atomic E-state index is 5.85. The smallest absolute Gasteiger partial charge is 0.155 e. The van der Waals surface area contributed by atoms with Gasteiger partial charge in [-0.3, -0.25) is 0 Å². The first-order chi connectivity index (χ1) is 8.72. The number of halogens is 1. The van der Waals surface area contributed by atoms with Crippen molar-refractivity contribution >= 4 is 11.6 Å². The van der Waals surface area contributed by atoms with Crippen LogP contribution in [0.2, 0.25) is 5.15 Å². The van der Waals surface area contributed by atoms with E-state index in [9.17, 15) is 0 Å². The summed E-state index contributed by atoms with van der Waals surface area (Å²) < 4.78 is 5.55. The molecule has 0 aliphatic rings. The first kappa shape index (κ1) is 15.4. The molecule has 102 valence electrons. The molecule has 4 heteroatoms. The number of nitrogens with zero attached hydrogens (tertiary/aromatic N) is 2. The molecule has 0 saturated heterocycles. The fourth-order valence-corrected chi connectivity index (χ4v) is 2.06. The maximum absolute atomic E-state index is 5.85. The first-order valence-corrected chi connectivity index (χ1v) is 7.18. The summed E-state index contributed by atoms with van der Waals surface area (Å²) in [6.45, 7) is 5.37. The summed E-state index contributed by atoms with van der Waals surface area (Å²) in [4.78, 5) is 8.39. The van der Waals surface area contributed by atoms with Gasteiger partial charge in [-0.2, -0.15) is 0 Å². The summed E-state index contributed by atoms with van der Waals surface area (Å²) in [5.41, 5.74) is 0.883. The van der Waals surface area contributed by atoms with Crippen LogP contribution in [0.4, 0.5) is 0 Å². The first-order valence-electron chi connectivity index (χ1n) is 6.80. The number of aryl methyl sites for hydroxylation is 1. The van der Waals surface area contributed by atoms with Gasteiger partial charge in [0.25, 0.3) is 0 Å². The van der Waals surface area contributed by atoms with Crippen LogP contribution in [0, 0.1) is 6.92 Å². The number of aromatic nitrogens is 2. The zero-order chi connectivity index (χ0) is 13.2. The van der Waals surface area contributed by atoms with Crippen LogP contribution in [-0.4, -0.2) is 16.6 Å². The van der Waals surface area contributed by atoms with E-state index in [0.29, 0.717) is 17.6 Å². The Hall–Kier alpha value is -0.670. The lowest BCUT2D eigenvalue weighted by Gasteiger charge is -2.04. The minimum absolute atomic E-state index is 0.455. The topological polar surface area (TPSA) is 35.0 Å². The van der Waals surface area contributed by atoms with E-state index >= 15 is 0 Å². The van der Waals surface area contributed by atoms with Gasteiger partial charge >= 0.3 is 0 Å². The van der Waals surface area contributed by atoms with Crippen molar-refractivity contribution in [1.29, 1.82) is 0 Å². The van der Waals surface area contributed by atoms with Gasteiger partial charge in [-0.25, -0.2) is 9.97 Å². The lowest BCUT2D eigenvalue weighted by molar-refractivity contribution is 0.111. The summed E-state index contributed by atoms with van der Waals surface area (Å²) in [7, 11) is 0. The molecular weight excluding hydrogens is 248 g/mol. The third-order valence-corrected chi connectivity index (χ3v) is 2.94. The van der Waals surface area contributed by atoms with Crippen LogP contribution in [0.15, 0.2) is 6.07 Å². The number of unbranched alkanes of at least 4 members (excludes halogenated alkanes) is 5. The molecule has 0 amide bonds. The average molecular weight is 271 g/mol. The number of ether oxygens (including phenoxy) is 1. The molecule has 0 N–H and O–H groups in total. The van der Waals surface area contributed by atoms with Crippen molar-refractivity contribution in [2.45, 2.75) is 59.0 Å². The Labute approximate surface area is 115 Å². The van der Waals surface area contributed by atoms with E-state index in [1.807, 2.05) is 6.92 Å². The van der Waals surface area contributed by atoms with Crippen LogP contribution >= 0.6 is 11.6 Å². The van der Waals surface area contributed by atoms with Crippen LogP contribution in [0.25, 0.3) is 0 Å². The van der Waals surface area contributed by atoms with Crippen molar-refractivity contribution in [3.8, 4) is 0 Å². The van der Waals surface area contributed by atoms with Crippen molar-refractivity contribution in [3.05, 3.63) is 22.7 Å². The summed E-state index contributed by atoms with van der Waals surface area (Å²) in [6.07, 6.45) is 7.65. The fourth-order valence-electron chi connectivity index (χ4n) is 1.80. The maximum Gasteiger partial charge on any atom is 0.155 e. The summed E-state index contributed by atoms with van der Waals surface area (Å²) >= 11 is 5.85. The van der Waals surface area contributed by atoms with Gasteiger partial charge < -0.3 is 4.74 Å². The molecular formula is C14H23ClN2O. The fraction of sp³-hybridized carbons (Fsp3) is 0.714. The summed E-state index contributed by atoms with van der Waals surface area (Å²) in [5.74, 6) is 0.672. The van der Waals surface area contributed by atoms with Crippen molar-refractivity contribution in [1.82, 2.24) is 9.97 Å². The molecule has 3 nitrogen and oxygen atoms in total. The molecule has 18 heavy (non-hydrogen) atoms. The van der Waals surface area contributed by atoms with Gasteiger partial charge in [-0.15, -0.1) is 0 Å². The Kier molecular flexibility index (Phi) is 7.94. The van der Waals surface area contributed by atoms with Crippen molar-refractivity contribution < 1.29 is 4.74 Å². The van der Waals surface area contributed by atoms with Crippen molar-refractivity contribution in [2.24, 2.45) is 0 Å². The standard InChI is InChI=1S/C14H23ClN2O/c1-3-4-5-6-7-8-9-18-11-14-16-12(2)10-13(15)17-14/h10H,3-9,11H2,1-2H3. The Bertz CT molecular complexity index is 324. The van der Waals surface area contributed by atoms with Crippen molar-refractivity contribution in [2.75, 3.05) is 6.61 Å². The molecule has 0 unspecified atom stereocenters. The van der Waals surface area contributed by atoms with Gasteiger partial charge in [-0.1, -0.05) is 50.6 Å². The average Bonchev–Trinajstić information content (AvgIpc) is 2.31. The Morgan fingerprint density at radius 1 is 1.11 bits per heavy atom. The molecule has 0 fully saturated rings. The predicted octanol–water partition coefficient (Wildman–Crippen LogP) is 4.32. The molecule has 1 heterocycles. The van der Waals surface area contributed by atoms with Crippen LogP contribution in [0.1, 0.15) is 57.0 Å². The molecule has 0 aliphatic heterocycles. The minimum Gasteiger partial charge on any atom is -0.373 e. The van der Waals surface area contributed by atoms with Gasteiger partial charge in [0.05, 0.1) is 0 Å². The van der Waals surface area contributed by atoms with Crippen LogP contribution in [-0.2, 0) is 11.3 Å². The largest absolute Gasteiger partial charge is 0.373 e. The van der Waals surface area contributed by atoms with Crippen LogP contribution in [0.3, 0.4) is 0 Å². The highest BCUT2D eigenvalue weighted by atomic mass is 35.5. The Balaban J connectivity index is 2.07. The van der Waals surface area contributed by atoms with Gasteiger partial charge in [0.2, 0.25) is 0 Å². The highest BCUT2D eigenvalue weighted by molar-refractivity contribution is 6.29. The molecule has 0 bridgehead atoms. The normalized spacial score (nSPS) is 10.8. The molecule has 0 radical (unpaired) electrons. The Morgan fingerprint density at radius 2 is 1.83 bits per heavy atom. The van der Waals surface area contributed by atoms with Gasteiger partial charge in [0.15, 0.2) is 5.82 Å². The highest BCUT2D eigenvalue weighted by Gasteiger charge is 2.00. The third-order valence-electron chi connectivity index (χ3n) is 2.74.